The highest BCUT2D eigenvalue weighted by atomic mass is 16.4. The number of unbranched alkanes of at least 4 members (excludes halogenated alkanes) is 1. The third-order valence-corrected chi connectivity index (χ3v) is 3.61. The van der Waals surface area contributed by atoms with Gasteiger partial charge in [-0.25, -0.2) is 0 Å². The molecule has 1 rings (SSSR count). The highest BCUT2D eigenvalue weighted by Gasteiger charge is 2.19. The molecular formula is C16H32O8. The number of hydrogen-bond acceptors (Lipinski definition) is 6. The van der Waals surface area contributed by atoms with Gasteiger partial charge in [0.05, 0.1) is 13.2 Å². The first-order valence-electron chi connectivity index (χ1n) is 8.28. The first-order valence-corrected chi connectivity index (χ1v) is 8.28. The highest BCUT2D eigenvalue weighted by molar-refractivity contribution is 5.67. The summed E-state index contributed by atoms with van der Waals surface area (Å²) < 4.78 is 0. The fraction of sp³-hybridized carbons (Fsp3) is 0.875. The van der Waals surface area contributed by atoms with Gasteiger partial charge in [-0.1, -0.05) is 0 Å². The van der Waals surface area contributed by atoms with E-state index in [9.17, 15) is 9.59 Å². The van der Waals surface area contributed by atoms with Gasteiger partial charge in [0.25, 0.3) is 0 Å². The van der Waals surface area contributed by atoms with Crippen molar-refractivity contribution < 1.29 is 40.2 Å². The molecule has 0 unspecified atom stereocenters. The van der Waals surface area contributed by atoms with Gasteiger partial charge in [-0.2, -0.15) is 0 Å². The lowest BCUT2D eigenvalue weighted by Crippen LogP contribution is -2.19. The predicted molar refractivity (Wildman–Crippen MR) is 87.5 cm³/mol. The van der Waals surface area contributed by atoms with Gasteiger partial charge >= 0.3 is 11.9 Å². The Balaban J connectivity index is 0. The number of rotatable bonds is 8. The lowest BCUT2D eigenvalue weighted by molar-refractivity contribution is -0.139. The Morgan fingerprint density at radius 3 is 1.12 bits per heavy atom. The van der Waals surface area contributed by atoms with Crippen molar-refractivity contribution in [3.63, 3.8) is 0 Å². The van der Waals surface area contributed by atoms with Crippen molar-refractivity contribution in [3.8, 4) is 0 Å². The number of aliphatic hydroxyl groups is 4. The molecule has 0 aromatic heterocycles. The molecular weight excluding hydrogens is 320 g/mol. The number of aliphatic carboxylic acids is 2. The molecule has 0 aromatic rings. The maximum atomic E-state index is 9.90. The Labute approximate surface area is 142 Å². The standard InChI is InChI=1S/C8H16O2.C6H10O4.C2H6O2/c9-5-7-1-2-8(6-10)4-3-7;7-5(8)3-1-2-4-6(9)10;3-1-2-4/h7-10H,1-6H2;1-4H2,(H,7,8)(H,9,10);3-4H,1-2H2. The van der Waals surface area contributed by atoms with Crippen molar-refractivity contribution >= 4 is 11.9 Å². The minimum absolute atomic E-state index is 0.0628. The topological polar surface area (TPSA) is 156 Å². The average Bonchev–Trinajstić information content (AvgIpc) is 2.59. The molecule has 24 heavy (non-hydrogen) atoms. The molecule has 0 radical (unpaired) electrons. The van der Waals surface area contributed by atoms with E-state index in [0.29, 0.717) is 37.9 Å². The van der Waals surface area contributed by atoms with Gasteiger partial charge in [0.1, 0.15) is 0 Å². The molecule has 6 N–H and O–H groups in total. The van der Waals surface area contributed by atoms with Gasteiger partial charge in [-0.05, 0) is 50.4 Å². The lowest BCUT2D eigenvalue weighted by atomic mass is 9.83. The lowest BCUT2D eigenvalue weighted by Gasteiger charge is -2.25. The van der Waals surface area contributed by atoms with E-state index >= 15 is 0 Å². The van der Waals surface area contributed by atoms with Crippen LogP contribution in [0.25, 0.3) is 0 Å². The van der Waals surface area contributed by atoms with Crippen molar-refractivity contribution in [2.75, 3.05) is 26.4 Å². The molecule has 1 fully saturated rings. The largest absolute Gasteiger partial charge is 0.481 e. The van der Waals surface area contributed by atoms with E-state index in [1.807, 2.05) is 0 Å². The van der Waals surface area contributed by atoms with Crippen molar-refractivity contribution in [2.45, 2.75) is 51.4 Å². The summed E-state index contributed by atoms with van der Waals surface area (Å²) in [5, 5.41) is 49.1. The van der Waals surface area contributed by atoms with Crippen LogP contribution in [-0.4, -0.2) is 69.0 Å². The molecule has 0 saturated heterocycles. The second-order valence-electron chi connectivity index (χ2n) is 5.69. The zero-order valence-electron chi connectivity index (χ0n) is 14.1. The zero-order valence-corrected chi connectivity index (χ0v) is 14.1. The number of carboxylic acid groups (broad SMARTS) is 2. The van der Waals surface area contributed by atoms with Crippen LogP contribution in [0.1, 0.15) is 51.4 Å². The van der Waals surface area contributed by atoms with Crippen LogP contribution in [0.4, 0.5) is 0 Å². The fourth-order valence-electron chi connectivity index (χ4n) is 2.15. The molecule has 8 heteroatoms. The third-order valence-electron chi connectivity index (χ3n) is 3.61. The summed E-state index contributed by atoms with van der Waals surface area (Å²) in [6.45, 7) is 0.413. The van der Waals surface area contributed by atoms with Crippen molar-refractivity contribution in [1.82, 2.24) is 0 Å². The maximum absolute atomic E-state index is 9.90. The molecule has 0 spiro atoms. The number of aliphatic hydroxyl groups excluding tert-OH is 4. The van der Waals surface area contributed by atoms with Crippen molar-refractivity contribution in [1.29, 1.82) is 0 Å². The molecule has 0 aromatic carbocycles. The zero-order chi connectivity index (χ0) is 18.8. The van der Waals surface area contributed by atoms with Crippen LogP contribution in [-0.2, 0) is 9.59 Å². The second kappa shape index (κ2) is 18.1. The summed E-state index contributed by atoms with van der Waals surface area (Å²) in [5.74, 6) is -0.707. The smallest absolute Gasteiger partial charge is 0.303 e. The predicted octanol–water partition coefficient (Wildman–Crippen LogP) is 0.464. The first kappa shape index (κ1) is 25.0. The van der Waals surface area contributed by atoms with Crippen molar-refractivity contribution in [3.05, 3.63) is 0 Å². The Bertz CT molecular complexity index is 270. The monoisotopic (exact) mass is 352 g/mol. The summed E-state index contributed by atoms with van der Waals surface area (Å²) in [5.41, 5.74) is 0. The van der Waals surface area contributed by atoms with Crippen molar-refractivity contribution in [2.24, 2.45) is 11.8 Å². The van der Waals surface area contributed by atoms with E-state index in [2.05, 4.69) is 0 Å². The van der Waals surface area contributed by atoms with E-state index in [4.69, 9.17) is 30.6 Å². The van der Waals surface area contributed by atoms with Crippen LogP contribution < -0.4 is 0 Å². The molecule has 8 nitrogen and oxygen atoms in total. The average molecular weight is 352 g/mol. The summed E-state index contributed by atoms with van der Waals surface area (Å²) >= 11 is 0. The van der Waals surface area contributed by atoms with E-state index in [1.54, 1.807) is 0 Å². The quantitative estimate of drug-likeness (QED) is 0.344. The molecule has 0 amide bonds. The molecule has 1 aliphatic rings. The third kappa shape index (κ3) is 18.8. The van der Waals surface area contributed by atoms with Crippen LogP contribution in [0.15, 0.2) is 0 Å². The normalized spacial score (nSPS) is 19.3. The van der Waals surface area contributed by atoms with Gasteiger partial charge in [0.2, 0.25) is 0 Å². The van der Waals surface area contributed by atoms with Gasteiger partial charge in [-0.15, -0.1) is 0 Å². The molecule has 0 heterocycles. The summed E-state index contributed by atoms with van der Waals surface area (Å²) in [6, 6.07) is 0. The fourth-order valence-corrected chi connectivity index (χ4v) is 2.15. The molecule has 0 aliphatic heterocycles. The molecule has 0 bridgehead atoms. The van der Waals surface area contributed by atoms with Crippen LogP contribution in [0.2, 0.25) is 0 Å². The van der Waals surface area contributed by atoms with Gasteiger partial charge < -0.3 is 30.6 Å². The molecule has 0 atom stereocenters. The van der Waals surface area contributed by atoms with E-state index in [0.717, 1.165) is 25.7 Å². The van der Waals surface area contributed by atoms with E-state index < -0.39 is 11.9 Å². The van der Waals surface area contributed by atoms with Crippen LogP contribution in [0.3, 0.4) is 0 Å². The minimum Gasteiger partial charge on any atom is -0.481 e. The number of carbonyl (C=O) groups is 2. The van der Waals surface area contributed by atoms with Crippen LogP contribution >= 0.6 is 0 Å². The Morgan fingerprint density at radius 2 is 0.958 bits per heavy atom. The van der Waals surface area contributed by atoms with Gasteiger partial charge in [-0.3, -0.25) is 9.59 Å². The molecule has 1 saturated carbocycles. The SMILES string of the molecule is O=C(O)CCCCC(=O)O.OCC1CCC(CO)CC1.OCCO. The Kier molecular flexibility index (Phi) is 18.9. The summed E-state index contributed by atoms with van der Waals surface area (Å²) in [7, 11) is 0. The van der Waals surface area contributed by atoms with Gasteiger partial charge in [0, 0.05) is 26.1 Å². The number of carboxylic acids is 2. The highest BCUT2D eigenvalue weighted by Crippen LogP contribution is 2.27. The van der Waals surface area contributed by atoms with Crippen LogP contribution in [0, 0.1) is 11.8 Å². The second-order valence-corrected chi connectivity index (χ2v) is 5.69. The maximum Gasteiger partial charge on any atom is 0.303 e. The van der Waals surface area contributed by atoms with E-state index in [-0.39, 0.29) is 26.1 Å². The van der Waals surface area contributed by atoms with Gasteiger partial charge in [0.15, 0.2) is 0 Å². The molecule has 144 valence electrons. The first-order chi connectivity index (χ1) is 11.4. The molecule has 1 aliphatic carbocycles. The number of hydrogen-bond donors (Lipinski definition) is 6. The Hall–Kier alpha value is -1.22. The van der Waals surface area contributed by atoms with E-state index in [1.165, 1.54) is 0 Å². The summed E-state index contributed by atoms with van der Waals surface area (Å²) in [4.78, 5) is 19.8. The minimum atomic E-state index is -0.870. The summed E-state index contributed by atoms with van der Waals surface area (Å²) in [6.07, 6.45) is 5.41. The van der Waals surface area contributed by atoms with Crippen LogP contribution in [0.5, 0.6) is 0 Å². The Morgan fingerprint density at radius 1 is 0.667 bits per heavy atom.